The summed E-state index contributed by atoms with van der Waals surface area (Å²) in [6, 6.07) is 4.92. The number of rotatable bonds is 4. The van der Waals surface area contributed by atoms with Gasteiger partial charge in [-0.1, -0.05) is 11.6 Å². The summed E-state index contributed by atoms with van der Waals surface area (Å²) in [7, 11) is 0. The second kappa shape index (κ2) is 6.04. The summed E-state index contributed by atoms with van der Waals surface area (Å²) in [5.41, 5.74) is 6.65. The first-order valence-corrected chi connectivity index (χ1v) is 6.07. The Morgan fingerprint density at radius 2 is 2.44 bits per heavy atom. The summed E-state index contributed by atoms with van der Waals surface area (Å²) in [5.74, 6) is -0.255. The van der Waals surface area contributed by atoms with Crippen molar-refractivity contribution in [3.8, 4) is 0 Å². The van der Waals surface area contributed by atoms with Gasteiger partial charge in [0, 0.05) is 12.3 Å². The van der Waals surface area contributed by atoms with Gasteiger partial charge in [0.25, 0.3) is 0 Å². The molecule has 1 aromatic carbocycles. The standard InChI is InChI=1S/C12H15ClN2O3/c13-10-2-1-8(14)5-11(10)15-12(16)7-18-9-3-4-17-6-9/h1-2,5,9H,3-4,6-7,14H2,(H,15,16). The Hall–Kier alpha value is -1.30. The highest BCUT2D eigenvalue weighted by Gasteiger charge is 2.17. The SMILES string of the molecule is Nc1ccc(Cl)c(NC(=O)COC2CCOC2)c1. The Bertz CT molecular complexity index is 433. The summed E-state index contributed by atoms with van der Waals surface area (Å²) < 4.78 is 10.5. The summed E-state index contributed by atoms with van der Waals surface area (Å²) in [6.45, 7) is 1.22. The van der Waals surface area contributed by atoms with E-state index in [1.54, 1.807) is 18.2 Å². The molecule has 1 heterocycles. The fourth-order valence-corrected chi connectivity index (χ4v) is 1.83. The van der Waals surface area contributed by atoms with Crippen LogP contribution in [0.4, 0.5) is 11.4 Å². The first-order valence-electron chi connectivity index (χ1n) is 5.69. The van der Waals surface area contributed by atoms with Crippen LogP contribution in [0.5, 0.6) is 0 Å². The van der Waals surface area contributed by atoms with Crippen molar-refractivity contribution in [2.45, 2.75) is 12.5 Å². The number of amides is 1. The van der Waals surface area contributed by atoms with Crippen LogP contribution in [-0.2, 0) is 14.3 Å². The molecule has 1 fully saturated rings. The van der Waals surface area contributed by atoms with Crippen LogP contribution in [0, 0.1) is 0 Å². The maximum absolute atomic E-state index is 11.7. The first kappa shape index (κ1) is 13.1. The maximum Gasteiger partial charge on any atom is 0.250 e. The summed E-state index contributed by atoms with van der Waals surface area (Å²) in [4.78, 5) is 11.7. The lowest BCUT2D eigenvalue weighted by atomic mass is 10.3. The molecule has 98 valence electrons. The smallest absolute Gasteiger partial charge is 0.250 e. The predicted molar refractivity (Wildman–Crippen MR) is 69.7 cm³/mol. The Morgan fingerprint density at radius 3 is 3.17 bits per heavy atom. The van der Waals surface area contributed by atoms with E-state index in [-0.39, 0.29) is 18.6 Å². The number of carbonyl (C=O) groups is 1. The van der Waals surface area contributed by atoms with Crippen LogP contribution < -0.4 is 11.1 Å². The Balaban J connectivity index is 1.84. The van der Waals surface area contributed by atoms with E-state index in [1.165, 1.54) is 0 Å². The number of ether oxygens (including phenoxy) is 2. The van der Waals surface area contributed by atoms with E-state index in [1.807, 2.05) is 0 Å². The first-order chi connectivity index (χ1) is 8.65. The zero-order valence-corrected chi connectivity index (χ0v) is 10.6. The number of benzene rings is 1. The maximum atomic E-state index is 11.7. The number of hydrogen-bond acceptors (Lipinski definition) is 4. The number of carbonyl (C=O) groups excluding carboxylic acids is 1. The second-order valence-electron chi connectivity index (χ2n) is 4.08. The molecule has 18 heavy (non-hydrogen) atoms. The van der Waals surface area contributed by atoms with Gasteiger partial charge in [0.15, 0.2) is 0 Å². The van der Waals surface area contributed by atoms with Gasteiger partial charge in [-0.25, -0.2) is 0 Å². The number of nitrogens with two attached hydrogens (primary N) is 1. The van der Waals surface area contributed by atoms with E-state index < -0.39 is 0 Å². The van der Waals surface area contributed by atoms with Crippen LogP contribution in [0.1, 0.15) is 6.42 Å². The van der Waals surface area contributed by atoms with Crippen molar-refractivity contribution in [1.29, 1.82) is 0 Å². The average Bonchev–Trinajstić information content (AvgIpc) is 2.84. The number of hydrogen-bond donors (Lipinski definition) is 2. The molecular formula is C12H15ClN2O3. The van der Waals surface area contributed by atoms with Crippen LogP contribution in [0.3, 0.4) is 0 Å². The summed E-state index contributed by atoms with van der Waals surface area (Å²) in [6.07, 6.45) is 0.832. The zero-order chi connectivity index (χ0) is 13.0. The molecule has 3 N–H and O–H groups in total. The third-order valence-electron chi connectivity index (χ3n) is 2.60. The molecule has 1 aliphatic rings. The third-order valence-corrected chi connectivity index (χ3v) is 2.93. The monoisotopic (exact) mass is 270 g/mol. The molecule has 0 aromatic heterocycles. The highest BCUT2D eigenvalue weighted by atomic mass is 35.5. The number of anilines is 2. The lowest BCUT2D eigenvalue weighted by molar-refractivity contribution is -0.122. The van der Waals surface area contributed by atoms with E-state index >= 15 is 0 Å². The lowest BCUT2D eigenvalue weighted by Crippen LogP contribution is -2.23. The Morgan fingerprint density at radius 1 is 1.61 bits per heavy atom. The van der Waals surface area contributed by atoms with E-state index in [2.05, 4.69) is 5.32 Å². The van der Waals surface area contributed by atoms with Gasteiger partial charge in [0.1, 0.15) is 6.61 Å². The van der Waals surface area contributed by atoms with Crippen LogP contribution in [0.15, 0.2) is 18.2 Å². The quantitative estimate of drug-likeness (QED) is 0.816. The van der Waals surface area contributed by atoms with Crippen LogP contribution in [0.25, 0.3) is 0 Å². The molecule has 6 heteroatoms. The van der Waals surface area contributed by atoms with E-state index in [4.69, 9.17) is 26.8 Å². The largest absolute Gasteiger partial charge is 0.399 e. The molecule has 1 unspecified atom stereocenters. The summed E-state index contributed by atoms with van der Waals surface area (Å²) in [5, 5.41) is 3.10. The number of nitrogens with one attached hydrogen (secondary N) is 1. The number of nitrogen functional groups attached to an aromatic ring is 1. The minimum atomic E-state index is -0.255. The van der Waals surface area contributed by atoms with Crippen molar-refractivity contribution in [3.05, 3.63) is 23.2 Å². The van der Waals surface area contributed by atoms with Crippen LogP contribution in [-0.4, -0.2) is 31.8 Å². The molecule has 2 rings (SSSR count). The van der Waals surface area contributed by atoms with Gasteiger partial charge in [-0.05, 0) is 24.6 Å². The fourth-order valence-electron chi connectivity index (χ4n) is 1.66. The molecule has 1 atom stereocenters. The van der Waals surface area contributed by atoms with Crippen molar-refractivity contribution >= 4 is 28.9 Å². The molecular weight excluding hydrogens is 256 g/mol. The minimum Gasteiger partial charge on any atom is -0.399 e. The van der Waals surface area contributed by atoms with Gasteiger partial charge in [0.05, 0.1) is 23.4 Å². The topological polar surface area (TPSA) is 73.6 Å². The van der Waals surface area contributed by atoms with E-state index in [9.17, 15) is 4.79 Å². The summed E-state index contributed by atoms with van der Waals surface area (Å²) >= 11 is 5.94. The average molecular weight is 271 g/mol. The Labute approximate surface area is 110 Å². The minimum absolute atomic E-state index is 0.00654. The molecule has 1 aromatic rings. The zero-order valence-electron chi connectivity index (χ0n) is 9.82. The third kappa shape index (κ3) is 3.60. The molecule has 0 spiro atoms. The van der Waals surface area contributed by atoms with Crippen molar-refractivity contribution in [1.82, 2.24) is 0 Å². The van der Waals surface area contributed by atoms with Gasteiger partial charge in [0.2, 0.25) is 5.91 Å². The molecule has 1 amide bonds. The van der Waals surface area contributed by atoms with Gasteiger partial charge >= 0.3 is 0 Å². The van der Waals surface area contributed by atoms with Crippen molar-refractivity contribution in [2.24, 2.45) is 0 Å². The molecule has 1 saturated heterocycles. The van der Waals surface area contributed by atoms with Crippen LogP contribution >= 0.6 is 11.6 Å². The molecule has 0 aliphatic carbocycles. The number of halogens is 1. The highest BCUT2D eigenvalue weighted by Crippen LogP contribution is 2.23. The lowest BCUT2D eigenvalue weighted by Gasteiger charge is -2.11. The van der Waals surface area contributed by atoms with E-state index in [0.717, 1.165) is 6.42 Å². The predicted octanol–water partition coefficient (Wildman–Crippen LogP) is 1.67. The molecule has 0 radical (unpaired) electrons. The van der Waals surface area contributed by atoms with Crippen molar-refractivity contribution in [3.63, 3.8) is 0 Å². The fraction of sp³-hybridized carbons (Fsp3) is 0.417. The van der Waals surface area contributed by atoms with Gasteiger partial charge in [-0.15, -0.1) is 0 Å². The molecule has 1 aliphatic heterocycles. The second-order valence-corrected chi connectivity index (χ2v) is 4.49. The van der Waals surface area contributed by atoms with Gasteiger partial charge in [-0.2, -0.15) is 0 Å². The van der Waals surface area contributed by atoms with Crippen LogP contribution in [0.2, 0.25) is 5.02 Å². The molecule has 0 bridgehead atoms. The highest BCUT2D eigenvalue weighted by molar-refractivity contribution is 6.33. The van der Waals surface area contributed by atoms with E-state index in [0.29, 0.717) is 29.6 Å². The molecule has 5 nitrogen and oxygen atoms in total. The van der Waals surface area contributed by atoms with Crippen molar-refractivity contribution in [2.75, 3.05) is 30.9 Å². The van der Waals surface area contributed by atoms with Gasteiger partial charge < -0.3 is 20.5 Å². The van der Waals surface area contributed by atoms with Crippen molar-refractivity contribution < 1.29 is 14.3 Å². The Kier molecular flexibility index (Phi) is 4.41. The molecule has 0 saturated carbocycles. The van der Waals surface area contributed by atoms with Gasteiger partial charge in [-0.3, -0.25) is 4.79 Å². The normalized spacial score (nSPS) is 18.8.